The molecule has 144 valence electrons. The highest BCUT2D eigenvalue weighted by atomic mass is 16.5. The number of aromatic nitrogens is 2. The van der Waals surface area contributed by atoms with Crippen LogP contribution in [0.1, 0.15) is 43.6 Å². The van der Waals surface area contributed by atoms with Crippen molar-refractivity contribution in [1.29, 1.82) is 0 Å². The van der Waals surface area contributed by atoms with E-state index in [9.17, 15) is 4.79 Å². The minimum atomic E-state index is -0.102. The van der Waals surface area contributed by atoms with Gasteiger partial charge in [-0.2, -0.15) is 4.98 Å². The molecule has 1 saturated heterocycles. The molecule has 1 fully saturated rings. The molecule has 1 unspecified atom stereocenters. The number of hydrogen-bond donors (Lipinski definition) is 0. The van der Waals surface area contributed by atoms with Crippen molar-refractivity contribution in [3.8, 4) is 17.1 Å². The largest absolute Gasteiger partial charge is 0.497 e. The maximum atomic E-state index is 12.6. The van der Waals surface area contributed by atoms with Gasteiger partial charge in [-0.1, -0.05) is 31.1 Å². The maximum Gasteiger partial charge on any atom is 0.232 e. The fraction of sp³-hybridized carbons (Fsp3) is 0.318. The lowest BCUT2D eigenvalue weighted by Crippen LogP contribution is -2.24. The van der Waals surface area contributed by atoms with Gasteiger partial charge in [0.2, 0.25) is 17.6 Å². The normalized spacial score (nSPS) is 16.8. The van der Waals surface area contributed by atoms with Gasteiger partial charge in [-0.05, 0) is 47.9 Å². The number of anilines is 1. The van der Waals surface area contributed by atoms with Crippen LogP contribution >= 0.6 is 0 Å². The van der Waals surface area contributed by atoms with Gasteiger partial charge in [0, 0.05) is 24.2 Å². The number of carbonyl (C=O) groups excluding carboxylic acids is 1. The van der Waals surface area contributed by atoms with Crippen LogP contribution in [0.4, 0.5) is 5.69 Å². The Morgan fingerprint density at radius 3 is 2.68 bits per heavy atom. The molecule has 0 spiro atoms. The quantitative estimate of drug-likeness (QED) is 0.660. The number of methoxy groups -OCH3 is 1. The third-order valence-electron chi connectivity index (χ3n) is 5.11. The number of carbonyl (C=O) groups is 1. The van der Waals surface area contributed by atoms with Crippen LogP contribution < -0.4 is 9.64 Å². The molecular formula is C22H23N3O3. The van der Waals surface area contributed by atoms with Crippen LogP contribution in [-0.2, 0) is 4.79 Å². The average Bonchev–Trinajstić information content (AvgIpc) is 3.35. The molecule has 4 rings (SSSR count). The van der Waals surface area contributed by atoms with Crippen LogP contribution in [-0.4, -0.2) is 29.7 Å². The maximum absolute atomic E-state index is 12.6. The van der Waals surface area contributed by atoms with Gasteiger partial charge in [0.1, 0.15) is 5.75 Å². The summed E-state index contributed by atoms with van der Waals surface area (Å²) in [7, 11) is 1.63. The van der Waals surface area contributed by atoms with E-state index in [1.54, 1.807) is 7.11 Å². The second-order valence-corrected chi connectivity index (χ2v) is 7.34. The highest BCUT2D eigenvalue weighted by molar-refractivity contribution is 5.96. The van der Waals surface area contributed by atoms with Crippen molar-refractivity contribution in [2.75, 3.05) is 18.6 Å². The Bertz CT molecular complexity index is 979. The molecule has 0 aliphatic carbocycles. The number of hydrogen-bond acceptors (Lipinski definition) is 5. The van der Waals surface area contributed by atoms with Gasteiger partial charge < -0.3 is 14.2 Å². The molecule has 6 heteroatoms. The molecule has 0 N–H and O–H groups in total. The van der Waals surface area contributed by atoms with Crippen molar-refractivity contribution < 1.29 is 14.1 Å². The summed E-state index contributed by atoms with van der Waals surface area (Å²) in [4.78, 5) is 19.0. The summed E-state index contributed by atoms with van der Waals surface area (Å²) < 4.78 is 10.7. The number of nitrogens with zero attached hydrogens (tertiary/aromatic N) is 3. The molecular weight excluding hydrogens is 354 g/mol. The third-order valence-corrected chi connectivity index (χ3v) is 5.11. The van der Waals surface area contributed by atoms with Gasteiger partial charge in [-0.25, -0.2) is 0 Å². The second-order valence-electron chi connectivity index (χ2n) is 7.34. The zero-order valence-electron chi connectivity index (χ0n) is 16.3. The fourth-order valence-electron chi connectivity index (χ4n) is 3.43. The Morgan fingerprint density at radius 2 is 1.96 bits per heavy atom. The smallest absolute Gasteiger partial charge is 0.232 e. The average molecular weight is 377 g/mol. The molecule has 2 aromatic carbocycles. The van der Waals surface area contributed by atoms with Crippen LogP contribution in [0.5, 0.6) is 5.75 Å². The molecule has 0 bridgehead atoms. The number of amides is 1. The van der Waals surface area contributed by atoms with Crippen molar-refractivity contribution >= 4 is 11.6 Å². The summed E-state index contributed by atoms with van der Waals surface area (Å²) in [6.07, 6.45) is 0.371. The molecule has 0 radical (unpaired) electrons. The Hall–Kier alpha value is -3.15. The van der Waals surface area contributed by atoms with Crippen molar-refractivity contribution in [2.45, 2.75) is 32.1 Å². The zero-order valence-corrected chi connectivity index (χ0v) is 16.3. The Kier molecular flexibility index (Phi) is 4.86. The Morgan fingerprint density at radius 1 is 1.18 bits per heavy atom. The van der Waals surface area contributed by atoms with E-state index in [-0.39, 0.29) is 11.8 Å². The second kappa shape index (κ2) is 7.46. The highest BCUT2D eigenvalue weighted by Crippen LogP contribution is 2.33. The van der Waals surface area contributed by atoms with Crippen LogP contribution in [0, 0.1) is 0 Å². The first-order chi connectivity index (χ1) is 13.5. The van der Waals surface area contributed by atoms with E-state index >= 15 is 0 Å². The molecule has 1 aliphatic rings. The first-order valence-electron chi connectivity index (χ1n) is 9.43. The third kappa shape index (κ3) is 3.50. The standard InChI is InChI=1S/C22H23N3O3/c1-14(2)16-5-4-6-18(11-16)25-13-17(12-20(25)26)22-23-21(24-28-22)15-7-9-19(27-3)10-8-15/h4-11,14,17H,12-13H2,1-3H3. The topological polar surface area (TPSA) is 68.5 Å². The van der Waals surface area contributed by atoms with Gasteiger partial charge in [-0.3, -0.25) is 4.79 Å². The summed E-state index contributed by atoms with van der Waals surface area (Å²) in [5, 5.41) is 4.09. The fourth-order valence-corrected chi connectivity index (χ4v) is 3.43. The summed E-state index contributed by atoms with van der Waals surface area (Å²) in [6.45, 7) is 4.84. The van der Waals surface area contributed by atoms with Crippen molar-refractivity contribution in [2.24, 2.45) is 0 Å². The molecule has 28 heavy (non-hydrogen) atoms. The first-order valence-corrected chi connectivity index (χ1v) is 9.43. The van der Waals surface area contributed by atoms with Crippen LogP contribution in [0.15, 0.2) is 53.1 Å². The van der Waals surface area contributed by atoms with Gasteiger partial charge in [0.05, 0.1) is 13.0 Å². The monoisotopic (exact) mass is 377 g/mol. The molecule has 1 aromatic heterocycles. The van der Waals surface area contributed by atoms with Gasteiger partial charge in [-0.15, -0.1) is 0 Å². The van der Waals surface area contributed by atoms with Crippen molar-refractivity contribution in [3.05, 3.63) is 60.0 Å². The van der Waals surface area contributed by atoms with E-state index in [2.05, 4.69) is 36.1 Å². The Labute approximate surface area is 164 Å². The number of ether oxygens (including phenoxy) is 1. The van der Waals surface area contributed by atoms with E-state index in [1.165, 1.54) is 5.56 Å². The molecule has 1 aliphatic heterocycles. The highest BCUT2D eigenvalue weighted by Gasteiger charge is 2.35. The summed E-state index contributed by atoms with van der Waals surface area (Å²) >= 11 is 0. The van der Waals surface area contributed by atoms with Gasteiger partial charge >= 0.3 is 0 Å². The van der Waals surface area contributed by atoms with Crippen LogP contribution in [0.25, 0.3) is 11.4 Å². The predicted octanol–water partition coefficient (Wildman–Crippen LogP) is 4.39. The number of rotatable bonds is 5. The zero-order chi connectivity index (χ0) is 19.7. The molecule has 3 aromatic rings. The van der Waals surface area contributed by atoms with E-state index in [1.807, 2.05) is 41.3 Å². The van der Waals surface area contributed by atoms with E-state index < -0.39 is 0 Å². The minimum absolute atomic E-state index is 0.0788. The van der Waals surface area contributed by atoms with E-state index in [0.29, 0.717) is 30.6 Å². The molecule has 2 heterocycles. The van der Waals surface area contributed by atoms with Crippen LogP contribution in [0.2, 0.25) is 0 Å². The van der Waals surface area contributed by atoms with Crippen LogP contribution in [0.3, 0.4) is 0 Å². The lowest BCUT2D eigenvalue weighted by Gasteiger charge is -2.18. The molecule has 1 amide bonds. The minimum Gasteiger partial charge on any atom is -0.497 e. The Balaban J connectivity index is 1.53. The lowest BCUT2D eigenvalue weighted by atomic mass is 10.0. The lowest BCUT2D eigenvalue weighted by molar-refractivity contribution is -0.117. The molecule has 0 saturated carbocycles. The van der Waals surface area contributed by atoms with E-state index in [4.69, 9.17) is 9.26 Å². The van der Waals surface area contributed by atoms with Crippen molar-refractivity contribution in [1.82, 2.24) is 10.1 Å². The SMILES string of the molecule is COc1ccc(-c2noc(C3CC(=O)N(c4cccc(C(C)C)c4)C3)n2)cc1. The molecule has 1 atom stereocenters. The summed E-state index contributed by atoms with van der Waals surface area (Å²) in [6, 6.07) is 15.6. The van der Waals surface area contributed by atoms with E-state index in [0.717, 1.165) is 17.0 Å². The summed E-state index contributed by atoms with van der Waals surface area (Å²) in [5.41, 5.74) is 2.99. The first kappa shape index (κ1) is 18.2. The summed E-state index contributed by atoms with van der Waals surface area (Å²) in [5.74, 6) is 2.18. The number of benzene rings is 2. The molecule has 6 nitrogen and oxygen atoms in total. The van der Waals surface area contributed by atoms with Gasteiger partial charge in [0.25, 0.3) is 0 Å². The van der Waals surface area contributed by atoms with Gasteiger partial charge in [0.15, 0.2) is 0 Å². The van der Waals surface area contributed by atoms with Crippen molar-refractivity contribution in [3.63, 3.8) is 0 Å². The predicted molar refractivity (Wildman–Crippen MR) is 107 cm³/mol.